The Hall–Kier alpha value is -3.83. The van der Waals surface area contributed by atoms with Gasteiger partial charge in [-0.15, -0.1) is 4.67 Å². The van der Waals surface area contributed by atoms with Crippen LogP contribution in [0.15, 0.2) is 91.0 Å². The molecule has 148 valence electrons. The first-order chi connectivity index (χ1) is 14.7. The number of hydrogen-bond donors (Lipinski definition) is 2. The van der Waals surface area contributed by atoms with Crippen molar-refractivity contribution in [2.24, 2.45) is 0 Å². The Balaban J connectivity index is 2.12. The highest BCUT2D eigenvalue weighted by Gasteiger charge is 2.53. The van der Waals surface area contributed by atoms with Crippen molar-refractivity contribution >= 4 is 47.6 Å². The van der Waals surface area contributed by atoms with E-state index in [-0.39, 0.29) is 17.8 Å². The number of hydrogen-bond acceptors (Lipinski definition) is 6. The van der Waals surface area contributed by atoms with Gasteiger partial charge in [0.15, 0.2) is 0 Å². The zero-order valence-corrected chi connectivity index (χ0v) is 16.9. The summed E-state index contributed by atoms with van der Waals surface area (Å²) in [5, 5.41) is 2.89. The minimum absolute atomic E-state index is 0.0448. The van der Waals surface area contributed by atoms with Crippen LogP contribution in [0.4, 0.5) is 17.8 Å². The van der Waals surface area contributed by atoms with Crippen LogP contribution < -0.4 is 32.1 Å². The number of carbonyl (C=O) groups is 1. The van der Waals surface area contributed by atoms with Gasteiger partial charge < -0.3 is 11.5 Å². The van der Waals surface area contributed by atoms with Crippen molar-refractivity contribution in [2.45, 2.75) is 0 Å². The molecule has 0 saturated heterocycles. The van der Waals surface area contributed by atoms with E-state index in [9.17, 15) is 4.79 Å². The Morgan fingerprint density at radius 3 is 1.33 bits per heavy atom. The minimum Gasteiger partial charge on any atom is -0.368 e. The molecule has 30 heavy (non-hydrogen) atoms. The van der Waals surface area contributed by atoms with E-state index in [1.54, 1.807) is 4.67 Å². The maximum absolute atomic E-state index is 12.7. The highest BCUT2D eigenvalue weighted by molar-refractivity contribution is 7.97. The van der Waals surface area contributed by atoms with Crippen molar-refractivity contribution < 1.29 is 4.79 Å². The van der Waals surface area contributed by atoms with Crippen LogP contribution in [0.1, 0.15) is 0 Å². The van der Waals surface area contributed by atoms with E-state index in [2.05, 4.69) is 15.0 Å². The van der Waals surface area contributed by atoms with Crippen molar-refractivity contribution in [1.29, 1.82) is 0 Å². The Labute approximate surface area is 174 Å². The van der Waals surface area contributed by atoms with Crippen LogP contribution >= 0.6 is 7.41 Å². The first-order valence-electron chi connectivity index (χ1n) is 9.24. The molecule has 0 saturated carbocycles. The van der Waals surface area contributed by atoms with Gasteiger partial charge in [0.05, 0.1) is 0 Å². The molecule has 1 amide bonds. The average molecular weight is 415 g/mol. The van der Waals surface area contributed by atoms with Crippen molar-refractivity contribution in [3.63, 3.8) is 0 Å². The van der Waals surface area contributed by atoms with Gasteiger partial charge in [0.25, 0.3) is 12.4 Å². The van der Waals surface area contributed by atoms with E-state index >= 15 is 0 Å². The molecule has 0 radical (unpaired) electrons. The van der Waals surface area contributed by atoms with Crippen LogP contribution in [0.25, 0.3) is 0 Å². The van der Waals surface area contributed by atoms with Gasteiger partial charge in [0.2, 0.25) is 19.3 Å². The number of anilines is 3. The Kier molecular flexibility index (Phi) is 5.37. The molecule has 0 aliphatic heterocycles. The van der Waals surface area contributed by atoms with Crippen LogP contribution in [0, 0.1) is 0 Å². The maximum atomic E-state index is 12.7. The molecule has 3 aromatic carbocycles. The van der Waals surface area contributed by atoms with Gasteiger partial charge in [-0.2, -0.15) is 15.0 Å². The summed E-state index contributed by atoms with van der Waals surface area (Å²) in [6, 6.07) is 29.6. The second kappa shape index (κ2) is 8.27. The van der Waals surface area contributed by atoms with E-state index in [1.807, 2.05) is 91.0 Å². The van der Waals surface area contributed by atoms with Gasteiger partial charge in [-0.05, 0) is 36.4 Å². The Morgan fingerprint density at radius 2 is 1.00 bits per heavy atom. The lowest BCUT2D eigenvalue weighted by Crippen LogP contribution is -2.43. The summed E-state index contributed by atoms with van der Waals surface area (Å²) in [5.41, 5.74) is 11.7. The van der Waals surface area contributed by atoms with Crippen LogP contribution in [-0.4, -0.2) is 21.4 Å². The average Bonchev–Trinajstić information content (AvgIpc) is 2.78. The maximum Gasteiger partial charge on any atom is 0.272 e. The van der Waals surface area contributed by atoms with Gasteiger partial charge in [0.1, 0.15) is 15.9 Å². The highest BCUT2D eigenvalue weighted by atomic mass is 31.2. The first-order valence-corrected chi connectivity index (χ1v) is 11.0. The predicted octanol–water partition coefficient (Wildman–Crippen LogP) is 1.91. The highest BCUT2D eigenvalue weighted by Crippen LogP contribution is 2.58. The van der Waals surface area contributed by atoms with Crippen molar-refractivity contribution in [1.82, 2.24) is 15.0 Å². The summed E-state index contributed by atoms with van der Waals surface area (Å²) in [6.45, 7) is 0. The molecule has 7 nitrogen and oxygen atoms in total. The lowest BCUT2D eigenvalue weighted by Gasteiger charge is -2.32. The molecule has 4 aromatic rings. The lowest BCUT2D eigenvalue weighted by molar-refractivity contribution is -0.106. The smallest absolute Gasteiger partial charge is 0.272 e. The molecule has 0 unspecified atom stereocenters. The molecule has 4 N–H and O–H groups in total. The van der Waals surface area contributed by atoms with Gasteiger partial charge in [0, 0.05) is 0 Å². The fraction of sp³-hybridized carbons (Fsp3) is 0. The molecule has 0 bridgehead atoms. The first kappa shape index (κ1) is 19.5. The van der Waals surface area contributed by atoms with Crippen molar-refractivity contribution in [2.75, 3.05) is 16.1 Å². The van der Waals surface area contributed by atoms with E-state index in [0.717, 1.165) is 22.3 Å². The molecular weight excluding hydrogens is 395 g/mol. The quantitative estimate of drug-likeness (QED) is 0.368. The number of aromatic nitrogens is 3. The number of nitrogens with zero attached hydrogens (tertiary/aromatic N) is 4. The summed E-state index contributed by atoms with van der Waals surface area (Å²) in [7, 11) is -2.72. The second-order valence-electron chi connectivity index (χ2n) is 6.44. The topological polar surface area (TPSA) is 111 Å². The number of benzene rings is 3. The number of amides is 1. The van der Waals surface area contributed by atoms with E-state index in [1.165, 1.54) is 0 Å². The summed E-state index contributed by atoms with van der Waals surface area (Å²) in [5.74, 6) is 0.0214. The molecule has 4 rings (SSSR count). The Bertz CT molecular complexity index is 1030. The SMILES string of the molecule is Nc1nc(N)nc(N(C=O)[P+](c2ccccc2)(c2ccccc2)c2ccccc2)n1. The lowest BCUT2D eigenvalue weighted by atomic mass is 10.4. The Morgan fingerprint density at radius 1 is 0.633 bits per heavy atom. The van der Waals surface area contributed by atoms with Crippen LogP contribution in [-0.2, 0) is 4.79 Å². The van der Waals surface area contributed by atoms with Crippen molar-refractivity contribution in [3.05, 3.63) is 91.0 Å². The summed E-state index contributed by atoms with van der Waals surface area (Å²) in [4.78, 5) is 25.0. The monoisotopic (exact) mass is 415 g/mol. The molecule has 8 heteroatoms. The minimum atomic E-state index is -2.72. The molecule has 0 spiro atoms. The van der Waals surface area contributed by atoms with Gasteiger partial charge >= 0.3 is 0 Å². The standard InChI is InChI=1S/C22H20N6OP/c23-20-25-21(24)27-22(26-20)28(16-29)30(17-10-4-1-5-11-17,18-12-6-2-7-13-18)19-14-8-3-9-15-19/h1-16H,(H4,23,24,25,26,27)/q+1. The van der Waals surface area contributed by atoms with Crippen molar-refractivity contribution in [3.8, 4) is 0 Å². The normalized spacial score (nSPS) is 11.1. The van der Waals surface area contributed by atoms with E-state index < -0.39 is 7.41 Å². The number of rotatable bonds is 6. The van der Waals surface area contributed by atoms with Gasteiger partial charge in [-0.25, -0.2) is 0 Å². The molecule has 0 fully saturated rings. The predicted molar refractivity (Wildman–Crippen MR) is 122 cm³/mol. The number of nitrogens with two attached hydrogens (primary N) is 2. The van der Waals surface area contributed by atoms with Crippen LogP contribution in [0.5, 0.6) is 0 Å². The zero-order chi connectivity index (χ0) is 21.0. The molecular formula is C22H20N6OP+. The molecule has 0 aliphatic rings. The van der Waals surface area contributed by atoms with Gasteiger partial charge in [-0.3, -0.25) is 4.79 Å². The molecule has 1 aromatic heterocycles. The zero-order valence-electron chi connectivity index (χ0n) is 16.0. The summed E-state index contributed by atoms with van der Waals surface area (Å²) >= 11 is 0. The van der Waals surface area contributed by atoms with Crippen LogP contribution in [0.2, 0.25) is 0 Å². The fourth-order valence-corrected chi connectivity index (χ4v) is 7.45. The van der Waals surface area contributed by atoms with Gasteiger partial charge in [-0.1, -0.05) is 54.6 Å². The third-order valence-electron chi connectivity index (χ3n) is 4.68. The molecule has 1 heterocycles. The number of nitrogen functional groups attached to an aromatic ring is 2. The second-order valence-corrected chi connectivity index (χ2v) is 9.69. The molecule has 0 atom stereocenters. The fourth-order valence-electron chi connectivity index (χ4n) is 3.50. The third kappa shape index (κ3) is 3.36. The molecule has 0 aliphatic carbocycles. The van der Waals surface area contributed by atoms with E-state index in [4.69, 9.17) is 11.5 Å². The third-order valence-corrected chi connectivity index (χ3v) is 8.73. The summed E-state index contributed by atoms with van der Waals surface area (Å²) in [6.07, 6.45) is 0.745. The summed E-state index contributed by atoms with van der Waals surface area (Å²) < 4.78 is 1.56. The number of carbonyl (C=O) groups excluding carboxylic acids is 1. The van der Waals surface area contributed by atoms with E-state index in [0.29, 0.717) is 0 Å². The van der Waals surface area contributed by atoms with Crippen LogP contribution in [0.3, 0.4) is 0 Å². The largest absolute Gasteiger partial charge is 0.368 e.